The molecule has 0 aliphatic carbocycles. The number of hydrogen-bond donors (Lipinski definition) is 2. The Labute approximate surface area is 149 Å². The lowest BCUT2D eigenvalue weighted by Gasteiger charge is -2.11. The maximum Gasteiger partial charge on any atom is 0.193 e. The van der Waals surface area contributed by atoms with E-state index in [0.717, 1.165) is 23.6 Å². The molecule has 5 nitrogen and oxygen atoms in total. The number of aliphatic imine (C=N–C) groups is 1. The van der Waals surface area contributed by atoms with E-state index in [9.17, 15) is 0 Å². The third-order valence-electron chi connectivity index (χ3n) is 3.37. The van der Waals surface area contributed by atoms with Crippen LogP contribution in [0.2, 0.25) is 0 Å². The minimum absolute atomic E-state index is 0.160. The summed E-state index contributed by atoms with van der Waals surface area (Å²) in [5.41, 5.74) is 8.01. The topological polar surface area (TPSA) is 68.9 Å². The van der Waals surface area contributed by atoms with E-state index in [1.165, 1.54) is 5.56 Å². The Hall–Kier alpha value is -2.69. The molecule has 0 aliphatic rings. The van der Waals surface area contributed by atoms with Crippen LogP contribution in [-0.4, -0.2) is 25.2 Å². The molecule has 2 aromatic rings. The average Bonchev–Trinajstić information content (AvgIpc) is 2.57. The highest BCUT2D eigenvalue weighted by molar-refractivity contribution is 5.92. The number of ether oxygens (including phenoxy) is 2. The maximum atomic E-state index is 5.90. The van der Waals surface area contributed by atoms with E-state index >= 15 is 0 Å². The molecule has 0 fully saturated rings. The Kier molecular flexibility index (Phi) is 7.14. The van der Waals surface area contributed by atoms with E-state index in [2.05, 4.69) is 17.2 Å². The van der Waals surface area contributed by atoms with Gasteiger partial charge in [0.15, 0.2) is 5.96 Å². The van der Waals surface area contributed by atoms with Gasteiger partial charge < -0.3 is 20.5 Å². The Morgan fingerprint density at radius 1 is 1.04 bits per heavy atom. The third-order valence-corrected chi connectivity index (χ3v) is 3.37. The van der Waals surface area contributed by atoms with Crippen LogP contribution in [0.25, 0.3) is 0 Å². The molecule has 0 spiro atoms. The first-order valence-electron chi connectivity index (χ1n) is 8.56. The van der Waals surface area contributed by atoms with Gasteiger partial charge in [-0.25, -0.2) is 0 Å². The minimum Gasteiger partial charge on any atom is -0.494 e. The standard InChI is InChI=1S/C20H27N3O2/c1-15(2)25-19-11-7-17(8-12-19)23-20(21)22-13-4-14-24-18-9-5-16(3)6-10-18/h5-12,15H,4,13-14H2,1-3H3,(H3,21,22,23). The molecule has 2 aromatic carbocycles. The highest BCUT2D eigenvalue weighted by Crippen LogP contribution is 2.16. The van der Waals surface area contributed by atoms with Gasteiger partial charge >= 0.3 is 0 Å². The summed E-state index contributed by atoms with van der Waals surface area (Å²) in [7, 11) is 0. The maximum absolute atomic E-state index is 5.90. The van der Waals surface area contributed by atoms with Crippen LogP contribution < -0.4 is 20.5 Å². The molecule has 0 aromatic heterocycles. The van der Waals surface area contributed by atoms with Crippen LogP contribution in [-0.2, 0) is 0 Å². The number of rotatable bonds is 8. The Morgan fingerprint density at radius 3 is 2.32 bits per heavy atom. The molecule has 2 rings (SSSR count). The monoisotopic (exact) mass is 341 g/mol. The van der Waals surface area contributed by atoms with Gasteiger partial charge in [0.05, 0.1) is 12.7 Å². The summed E-state index contributed by atoms with van der Waals surface area (Å²) < 4.78 is 11.3. The van der Waals surface area contributed by atoms with Crippen molar-refractivity contribution >= 4 is 11.6 Å². The second-order valence-electron chi connectivity index (χ2n) is 6.10. The Morgan fingerprint density at radius 2 is 1.68 bits per heavy atom. The molecular formula is C20H27N3O2. The zero-order chi connectivity index (χ0) is 18.1. The highest BCUT2D eigenvalue weighted by Gasteiger charge is 1.99. The zero-order valence-corrected chi connectivity index (χ0v) is 15.2. The second-order valence-corrected chi connectivity index (χ2v) is 6.10. The van der Waals surface area contributed by atoms with Gasteiger partial charge in [-0.3, -0.25) is 4.99 Å². The van der Waals surface area contributed by atoms with Gasteiger partial charge in [-0.2, -0.15) is 0 Å². The molecule has 0 bridgehead atoms. The number of nitrogens with two attached hydrogens (primary N) is 1. The smallest absolute Gasteiger partial charge is 0.193 e. The van der Waals surface area contributed by atoms with Crippen LogP contribution >= 0.6 is 0 Å². The van der Waals surface area contributed by atoms with E-state index < -0.39 is 0 Å². The molecule has 5 heteroatoms. The van der Waals surface area contributed by atoms with E-state index in [1.54, 1.807) is 0 Å². The second kappa shape index (κ2) is 9.57. The Bertz CT molecular complexity index is 664. The first-order valence-corrected chi connectivity index (χ1v) is 8.56. The molecule has 0 heterocycles. The summed E-state index contributed by atoms with van der Waals surface area (Å²) in [4.78, 5) is 4.31. The quantitative estimate of drug-likeness (QED) is 0.433. The highest BCUT2D eigenvalue weighted by atomic mass is 16.5. The van der Waals surface area contributed by atoms with Gasteiger partial charge in [-0.15, -0.1) is 0 Å². The van der Waals surface area contributed by atoms with Crippen LogP contribution in [0.15, 0.2) is 53.5 Å². The van der Waals surface area contributed by atoms with E-state index in [0.29, 0.717) is 19.1 Å². The lowest BCUT2D eigenvalue weighted by Crippen LogP contribution is -2.23. The van der Waals surface area contributed by atoms with Gasteiger partial charge in [0.1, 0.15) is 11.5 Å². The number of benzene rings is 2. The van der Waals surface area contributed by atoms with Crippen molar-refractivity contribution in [2.45, 2.75) is 33.3 Å². The number of guanidine groups is 1. The van der Waals surface area contributed by atoms with Gasteiger partial charge in [-0.05, 0) is 57.2 Å². The fourth-order valence-corrected chi connectivity index (χ4v) is 2.16. The van der Waals surface area contributed by atoms with Crippen LogP contribution in [0.4, 0.5) is 5.69 Å². The number of nitrogens with one attached hydrogen (secondary N) is 1. The number of aryl methyl sites for hydroxylation is 1. The van der Waals surface area contributed by atoms with Crippen molar-refractivity contribution in [1.29, 1.82) is 0 Å². The van der Waals surface area contributed by atoms with E-state index in [4.69, 9.17) is 15.2 Å². The van der Waals surface area contributed by atoms with E-state index in [-0.39, 0.29) is 6.10 Å². The molecule has 0 amide bonds. The first kappa shape index (κ1) is 18.6. The summed E-state index contributed by atoms with van der Waals surface area (Å²) in [5, 5.41) is 3.07. The van der Waals surface area contributed by atoms with Crippen molar-refractivity contribution in [2.75, 3.05) is 18.5 Å². The molecule has 0 unspecified atom stereocenters. The summed E-state index contributed by atoms with van der Waals surface area (Å²) in [5.74, 6) is 2.11. The third kappa shape index (κ3) is 7.16. The van der Waals surface area contributed by atoms with Crippen LogP contribution in [0, 0.1) is 6.92 Å². The number of nitrogens with zero attached hydrogens (tertiary/aromatic N) is 1. The van der Waals surface area contributed by atoms with Gasteiger partial charge in [-0.1, -0.05) is 17.7 Å². The van der Waals surface area contributed by atoms with Gasteiger partial charge in [0, 0.05) is 18.7 Å². The van der Waals surface area contributed by atoms with Gasteiger partial charge in [0.25, 0.3) is 0 Å². The van der Waals surface area contributed by atoms with Gasteiger partial charge in [0.2, 0.25) is 0 Å². The van der Waals surface area contributed by atoms with Crippen molar-refractivity contribution in [3.05, 3.63) is 54.1 Å². The molecule has 0 atom stereocenters. The van der Waals surface area contributed by atoms with Crippen molar-refractivity contribution in [2.24, 2.45) is 10.7 Å². The lowest BCUT2D eigenvalue weighted by molar-refractivity contribution is 0.242. The molecule has 25 heavy (non-hydrogen) atoms. The largest absolute Gasteiger partial charge is 0.494 e. The van der Waals surface area contributed by atoms with Crippen molar-refractivity contribution in [3.63, 3.8) is 0 Å². The predicted molar refractivity (Wildman–Crippen MR) is 104 cm³/mol. The molecule has 0 aliphatic heterocycles. The lowest BCUT2D eigenvalue weighted by atomic mass is 10.2. The van der Waals surface area contributed by atoms with Crippen molar-refractivity contribution in [3.8, 4) is 11.5 Å². The number of anilines is 1. The SMILES string of the molecule is Cc1ccc(OCCCN=C(N)Nc2ccc(OC(C)C)cc2)cc1. The zero-order valence-electron chi connectivity index (χ0n) is 15.2. The molecule has 3 N–H and O–H groups in total. The average molecular weight is 341 g/mol. The summed E-state index contributed by atoms with van der Waals surface area (Å²) >= 11 is 0. The fraction of sp³-hybridized carbons (Fsp3) is 0.350. The summed E-state index contributed by atoms with van der Waals surface area (Å²) in [6, 6.07) is 15.7. The van der Waals surface area contributed by atoms with E-state index in [1.807, 2.05) is 62.4 Å². The molecule has 0 saturated carbocycles. The predicted octanol–water partition coefficient (Wildman–Crippen LogP) is 3.98. The first-order chi connectivity index (χ1) is 12.0. The normalized spacial score (nSPS) is 11.4. The van der Waals surface area contributed by atoms with Crippen LogP contribution in [0.1, 0.15) is 25.8 Å². The number of hydrogen-bond acceptors (Lipinski definition) is 3. The molecule has 0 saturated heterocycles. The molecule has 134 valence electrons. The van der Waals surface area contributed by atoms with Crippen LogP contribution in [0.3, 0.4) is 0 Å². The Balaban J connectivity index is 1.69. The molecular weight excluding hydrogens is 314 g/mol. The summed E-state index contributed by atoms with van der Waals surface area (Å²) in [6.45, 7) is 7.28. The molecule has 0 radical (unpaired) electrons. The van der Waals surface area contributed by atoms with Crippen molar-refractivity contribution < 1.29 is 9.47 Å². The summed E-state index contributed by atoms with van der Waals surface area (Å²) in [6.07, 6.45) is 0.963. The fourth-order valence-electron chi connectivity index (χ4n) is 2.16. The minimum atomic E-state index is 0.160. The van der Waals surface area contributed by atoms with Crippen molar-refractivity contribution in [1.82, 2.24) is 0 Å². The van der Waals surface area contributed by atoms with Crippen LogP contribution in [0.5, 0.6) is 11.5 Å².